The molecule has 0 saturated heterocycles. The number of nitrogens with one attached hydrogen (secondary N) is 3. The highest BCUT2D eigenvalue weighted by Crippen LogP contribution is 2.05. The van der Waals surface area contributed by atoms with Gasteiger partial charge in [0.1, 0.15) is 0 Å². The summed E-state index contributed by atoms with van der Waals surface area (Å²) in [4.78, 5) is 26.9. The Morgan fingerprint density at radius 2 is 1.84 bits per heavy atom. The summed E-state index contributed by atoms with van der Waals surface area (Å²) in [5.74, 6) is -0.206. The van der Waals surface area contributed by atoms with Gasteiger partial charge in [0.05, 0.1) is 19.7 Å². The van der Waals surface area contributed by atoms with Crippen LogP contribution in [0.1, 0.15) is 22.8 Å². The Morgan fingerprint density at radius 1 is 1.16 bits per heavy atom. The number of aliphatic imine (C=N–C) groups is 1. The zero-order chi connectivity index (χ0) is 17.8. The van der Waals surface area contributed by atoms with Crippen LogP contribution in [0.5, 0.6) is 0 Å². The van der Waals surface area contributed by atoms with Gasteiger partial charge in [-0.15, -0.1) is 24.0 Å². The second-order valence-electron chi connectivity index (χ2n) is 4.96. The second kappa shape index (κ2) is 13.4. The van der Waals surface area contributed by atoms with Crippen LogP contribution in [0.3, 0.4) is 0 Å². The highest BCUT2D eigenvalue weighted by Gasteiger charge is 2.06. The number of benzene rings is 1. The van der Waals surface area contributed by atoms with Gasteiger partial charge in [0.25, 0.3) is 5.91 Å². The minimum absolute atomic E-state index is 0. The van der Waals surface area contributed by atoms with Gasteiger partial charge in [-0.2, -0.15) is 0 Å². The number of rotatable bonds is 9. The molecule has 1 aromatic carbocycles. The molecule has 9 heteroatoms. The highest BCUT2D eigenvalue weighted by molar-refractivity contribution is 14.0. The van der Waals surface area contributed by atoms with E-state index in [9.17, 15) is 9.59 Å². The zero-order valence-electron chi connectivity index (χ0n) is 14.5. The molecule has 25 heavy (non-hydrogen) atoms. The summed E-state index contributed by atoms with van der Waals surface area (Å²) in [7, 11) is 1.65. The SMILES string of the molecule is CCNC(=NCc1ccc(C(=O)NCC(N)=O)cc1)NCCOC.I. The van der Waals surface area contributed by atoms with E-state index in [4.69, 9.17) is 10.5 Å². The van der Waals surface area contributed by atoms with Gasteiger partial charge in [-0.3, -0.25) is 9.59 Å². The van der Waals surface area contributed by atoms with Crippen LogP contribution in [0.2, 0.25) is 0 Å². The number of nitrogens with two attached hydrogens (primary N) is 1. The minimum Gasteiger partial charge on any atom is -0.383 e. The maximum Gasteiger partial charge on any atom is 0.251 e. The first-order valence-electron chi connectivity index (χ1n) is 7.73. The van der Waals surface area contributed by atoms with E-state index in [0.717, 1.165) is 12.1 Å². The molecule has 0 saturated carbocycles. The van der Waals surface area contributed by atoms with Crippen LogP contribution in [0, 0.1) is 0 Å². The molecule has 0 aliphatic heterocycles. The predicted octanol–water partition coefficient (Wildman–Crippen LogP) is 0.221. The molecule has 0 spiro atoms. The van der Waals surface area contributed by atoms with Crippen LogP contribution < -0.4 is 21.7 Å². The van der Waals surface area contributed by atoms with Gasteiger partial charge in [-0.1, -0.05) is 12.1 Å². The molecule has 1 rings (SSSR count). The number of amides is 2. The van der Waals surface area contributed by atoms with Crippen molar-refractivity contribution >= 4 is 41.8 Å². The van der Waals surface area contributed by atoms with E-state index in [1.54, 1.807) is 19.2 Å². The number of halogens is 1. The minimum atomic E-state index is -0.578. The van der Waals surface area contributed by atoms with Gasteiger partial charge in [-0.05, 0) is 24.6 Å². The summed E-state index contributed by atoms with van der Waals surface area (Å²) < 4.78 is 4.99. The molecule has 0 radical (unpaired) electrons. The van der Waals surface area contributed by atoms with E-state index in [0.29, 0.717) is 31.2 Å². The number of hydrogen-bond donors (Lipinski definition) is 4. The molecule has 0 aliphatic carbocycles. The summed E-state index contributed by atoms with van der Waals surface area (Å²) >= 11 is 0. The fourth-order valence-electron chi connectivity index (χ4n) is 1.81. The van der Waals surface area contributed by atoms with E-state index in [2.05, 4.69) is 20.9 Å². The van der Waals surface area contributed by atoms with Crippen molar-refractivity contribution in [2.24, 2.45) is 10.7 Å². The van der Waals surface area contributed by atoms with E-state index < -0.39 is 5.91 Å². The number of guanidine groups is 1. The Labute approximate surface area is 165 Å². The molecule has 140 valence electrons. The first-order chi connectivity index (χ1) is 11.6. The Kier molecular flexibility index (Phi) is 12.4. The van der Waals surface area contributed by atoms with Gasteiger partial charge < -0.3 is 26.4 Å². The molecular weight excluding hydrogens is 437 g/mol. The Bertz CT molecular complexity index is 563. The van der Waals surface area contributed by atoms with Crippen molar-refractivity contribution in [3.05, 3.63) is 35.4 Å². The van der Waals surface area contributed by atoms with Crippen molar-refractivity contribution in [1.29, 1.82) is 0 Å². The lowest BCUT2D eigenvalue weighted by Crippen LogP contribution is -2.38. The number of hydrogen-bond acceptors (Lipinski definition) is 4. The predicted molar refractivity (Wildman–Crippen MR) is 108 cm³/mol. The molecular formula is C16H26IN5O3. The topological polar surface area (TPSA) is 118 Å². The number of carbonyl (C=O) groups excluding carboxylic acids is 2. The number of nitrogens with zero attached hydrogens (tertiary/aromatic N) is 1. The van der Waals surface area contributed by atoms with Crippen LogP contribution in [0.25, 0.3) is 0 Å². The lowest BCUT2D eigenvalue weighted by Gasteiger charge is -2.10. The van der Waals surface area contributed by atoms with E-state index in [1.165, 1.54) is 0 Å². The number of ether oxygens (including phenoxy) is 1. The first kappa shape index (κ1) is 23.1. The van der Waals surface area contributed by atoms with Gasteiger partial charge in [0.2, 0.25) is 5.91 Å². The van der Waals surface area contributed by atoms with E-state index >= 15 is 0 Å². The molecule has 1 aromatic rings. The van der Waals surface area contributed by atoms with E-state index in [1.807, 2.05) is 19.1 Å². The molecule has 0 aromatic heterocycles. The fraction of sp³-hybridized carbons (Fsp3) is 0.438. The van der Waals surface area contributed by atoms with Crippen LogP contribution in [0.4, 0.5) is 0 Å². The second-order valence-corrected chi connectivity index (χ2v) is 4.96. The van der Waals surface area contributed by atoms with Crippen LogP contribution in [-0.4, -0.2) is 51.1 Å². The molecule has 0 fully saturated rings. The third kappa shape index (κ3) is 9.87. The first-order valence-corrected chi connectivity index (χ1v) is 7.73. The molecule has 0 bridgehead atoms. The summed E-state index contributed by atoms with van der Waals surface area (Å²) in [6.45, 7) is 4.32. The van der Waals surface area contributed by atoms with Crippen LogP contribution in [-0.2, 0) is 16.1 Å². The molecule has 0 atom stereocenters. The molecule has 0 aliphatic rings. The smallest absolute Gasteiger partial charge is 0.251 e. The Hall–Kier alpha value is -1.88. The molecule has 8 nitrogen and oxygen atoms in total. The maximum atomic E-state index is 11.8. The Balaban J connectivity index is 0.00000576. The van der Waals surface area contributed by atoms with Crippen molar-refractivity contribution in [1.82, 2.24) is 16.0 Å². The molecule has 2 amide bonds. The summed E-state index contributed by atoms with van der Waals surface area (Å²) in [6.07, 6.45) is 0. The van der Waals surface area contributed by atoms with Crippen molar-refractivity contribution in [3.63, 3.8) is 0 Å². The largest absolute Gasteiger partial charge is 0.383 e. The standard InChI is InChI=1S/C16H25N5O3.HI/c1-3-18-16(19-8-9-24-2)21-10-12-4-6-13(7-5-12)15(23)20-11-14(17)22;/h4-7H,3,8-11H2,1-2H3,(H2,17,22)(H,20,23)(H2,18,19,21);1H. The highest BCUT2D eigenvalue weighted by atomic mass is 127. The third-order valence-electron chi connectivity index (χ3n) is 3.00. The summed E-state index contributed by atoms with van der Waals surface area (Å²) in [5, 5.41) is 8.74. The summed E-state index contributed by atoms with van der Waals surface area (Å²) in [6, 6.07) is 7.02. The van der Waals surface area contributed by atoms with Crippen LogP contribution >= 0.6 is 24.0 Å². The van der Waals surface area contributed by atoms with Gasteiger partial charge in [-0.25, -0.2) is 4.99 Å². The van der Waals surface area contributed by atoms with Crippen molar-refractivity contribution in [3.8, 4) is 0 Å². The van der Waals surface area contributed by atoms with Crippen molar-refractivity contribution in [2.45, 2.75) is 13.5 Å². The third-order valence-corrected chi connectivity index (χ3v) is 3.00. The Morgan fingerprint density at radius 3 is 2.40 bits per heavy atom. The fourth-order valence-corrected chi connectivity index (χ4v) is 1.81. The maximum absolute atomic E-state index is 11.8. The van der Waals surface area contributed by atoms with E-state index in [-0.39, 0.29) is 36.4 Å². The normalized spacial score (nSPS) is 10.6. The average Bonchev–Trinajstić information content (AvgIpc) is 2.58. The van der Waals surface area contributed by atoms with Gasteiger partial charge in [0.15, 0.2) is 5.96 Å². The molecule has 0 heterocycles. The molecule has 5 N–H and O–H groups in total. The number of primary amides is 1. The van der Waals surface area contributed by atoms with Crippen molar-refractivity contribution < 1.29 is 14.3 Å². The lowest BCUT2D eigenvalue weighted by molar-refractivity contribution is -0.117. The number of methoxy groups -OCH3 is 1. The average molecular weight is 463 g/mol. The van der Waals surface area contributed by atoms with Gasteiger partial charge >= 0.3 is 0 Å². The van der Waals surface area contributed by atoms with Crippen molar-refractivity contribution in [2.75, 3.05) is 33.4 Å². The van der Waals surface area contributed by atoms with Gasteiger partial charge in [0, 0.05) is 25.8 Å². The van der Waals surface area contributed by atoms with Crippen LogP contribution in [0.15, 0.2) is 29.3 Å². The monoisotopic (exact) mass is 463 g/mol. The molecule has 0 unspecified atom stereocenters. The summed E-state index contributed by atoms with van der Waals surface area (Å²) in [5.41, 5.74) is 6.42. The lowest BCUT2D eigenvalue weighted by atomic mass is 10.1. The number of carbonyl (C=O) groups is 2. The zero-order valence-corrected chi connectivity index (χ0v) is 16.8. The quantitative estimate of drug-likeness (QED) is 0.181.